The van der Waals surface area contributed by atoms with E-state index in [-0.39, 0.29) is 6.04 Å². The summed E-state index contributed by atoms with van der Waals surface area (Å²) in [5.74, 6) is 7.40. The lowest BCUT2D eigenvalue weighted by Crippen LogP contribution is -2.30. The zero-order chi connectivity index (χ0) is 14.7. The number of hydrazine groups is 1. The minimum Gasteiger partial charge on any atom is -0.497 e. The molecule has 0 saturated heterocycles. The van der Waals surface area contributed by atoms with Gasteiger partial charge in [-0.25, -0.2) is 5.43 Å². The summed E-state index contributed by atoms with van der Waals surface area (Å²) in [5.41, 5.74) is 6.80. The summed E-state index contributed by atoms with van der Waals surface area (Å²) in [5, 5.41) is 0. The molecule has 0 spiro atoms. The van der Waals surface area contributed by atoms with Crippen molar-refractivity contribution in [1.82, 2.24) is 5.43 Å². The molecule has 0 heterocycles. The number of ether oxygens (including phenoxy) is 1. The zero-order valence-electron chi connectivity index (χ0n) is 12.4. The molecule has 1 aliphatic rings. The monoisotopic (exact) mass is 282 g/mol. The standard InChI is InChI=1S/C18H22N2O/c1-21-15-9-5-8-14(12-15)18(20-19)17-11-3-2-10-16(17)13-6-4-7-13/h2-3,5,8-13,18,20H,4,6-7,19H2,1H3. The molecule has 0 aromatic heterocycles. The average molecular weight is 282 g/mol. The Bertz CT molecular complexity index is 608. The average Bonchev–Trinajstić information content (AvgIpc) is 2.48. The van der Waals surface area contributed by atoms with Crippen LogP contribution in [0.15, 0.2) is 48.5 Å². The number of nitrogens with one attached hydrogen (secondary N) is 1. The minimum absolute atomic E-state index is 0.00287. The first-order valence-electron chi connectivity index (χ1n) is 7.52. The molecule has 3 rings (SSSR count). The van der Waals surface area contributed by atoms with Crippen LogP contribution in [-0.4, -0.2) is 7.11 Å². The van der Waals surface area contributed by atoms with Gasteiger partial charge >= 0.3 is 0 Å². The van der Waals surface area contributed by atoms with Crippen LogP contribution in [0.1, 0.15) is 47.9 Å². The van der Waals surface area contributed by atoms with Crippen molar-refractivity contribution in [3.05, 3.63) is 65.2 Å². The van der Waals surface area contributed by atoms with Crippen molar-refractivity contribution in [2.24, 2.45) is 5.84 Å². The predicted molar refractivity (Wildman–Crippen MR) is 85.2 cm³/mol. The summed E-state index contributed by atoms with van der Waals surface area (Å²) in [4.78, 5) is 0. The third-order valence-electron chi connectivity index (χ3n) is 4.45. The molecular formula is C18H22N2O. The number of methoxy groups -OCH3 is 1. The normalized spacial score (nSPS) is 16.3. The Balaban J connectivity index is 1.99. The molecule has 3 N–H and O–H groups in total. The predicted octanol–water partition coefficient (Wildman–Crippen LogP) is 3.52. The van der Waals surface area contributed by atoms with E-state index in [9.17, 15) is 0 Å². The number of hydrogen-bond acceptors (Lipinski definition) is 3. The molecule has 2 aromatic rings. The largest absolute Gasteiger partial charge is 0.497 e. The van der Waals surface area contributed by atoms with Crippen molar-refractivity contribution in [1.29, 1.82) is 0 Å². The first-order valence-corrected chi connectivity index (χ1v) is 7.52. The Morgan fingerprint density at radius 2 is 1.95 bits per heavy atom. The highest BCUT2D eigenvalue weighted by molar-refractivity contribution is 5.42. The number of benzene rings is 2. The van der Waals surface area contributed by atoms with Crippen LogP contribution < -0.4 is 16.0 Å². The molecule has 3 nitrogen and oxygen atoms in total. The first kappa shape index (κ1) is 14.1. The summed E-state index contributed by atoms with van der Waals surface area (Å²) in [6.45, 7) is 0. The van der Waals surface area contributed by atoms with Crippen molar-refractivity contribution in [2.75, 3.05) is 7.11 Å². The summed E-state index contributed by atoms with van der Waals surface area (Å²) in [6, 6.07) is 16.7. The van der Waals surface area contributed by atoms with Crippen molar-refractivity contribution in [3.8, 4) is 5.75 Å². The second kappa shape index (κ2) is 6.29. The minimum atomic E-state index is -0.00287. The maximum Gasteiger partial charge on any atom is 0.119 e. The van der Waals surface area contributed by atoms with E-state index in [1.807, 2.05) is 18.2 Å². The Hall–Kier alpha value is -1.84. The van der Waals surface area contributed by atoms with Crippen LogP contribution in [0.2, 0.25) is 0 Å². The highest BCUT2D eigenvalue weighted by Gasteiger charge is 2.25. The summed E-state index contributed by atoms with van der Waals surface area (Å²) in [6.07, 6.45) is 3.90. The summed E-state index contributed by atoms with van der Waals surface area (Å²) >= 11 is 0. The third-order valence-corrected chi connectivity index (χ3v) is 4.45. The van der Waals surface area contributed by atoms with Crippen LogP contribution >= 0.6 is 0 Å². The van der Waals surface area contributed by atoms with E-state index in [4.69, 9.17) is 10.6 Å². The van der Waals surface area contributed by atoms with Gasteiger partial charge in [0.15, 0.2) is 0 Å². The third kappa shape index (κ3) is 2.80. The molecule has 0 bridgehead atoms. The van der Waals surface area contributed by atoms with E-state index in [2.05, 4.69) is 35.8 Å². The highest BCUT2D eigenvalue weighted by Crippen LogP contribution is 2.40. The van der Waals surface area contributed by atoms with E-state index in [0.717, 1.165) is 11.3 Å². The molecular weight excluding hydrogens is 260 g/mol. The van der Waals surface area contributed by atoms with Crippen LogP contribution in [0.5, 0.6) is 5.75 Å². The lowest BCUT2D eigenvalue weighted by molar-refractivity contribution is 0.411. The highest BCUT2D eigenvalue weighted by atomic mass is 16.5. The molecule has 1 fully saturated rings. The van der Waals surface area contributed by atoms with E-state index < -0.39 is 0 Å². The van der Waals surface area contributed by atoms with Crippen molar-refractivity contribution in [3.63, 3.8) is 0 Å². The molecule has 0 aliphatic heterocycles. The van der Waals surface area contributed by atoms with Gasteiger partial charge in [-0.15, -0.1) is 0 Å². The Labute approximate surface area is 126 Å². The van der Waals surface area contributed by atoms with Crippen molar-refractivity contribution >= 4 is 0 Å². The van der Waals surface area contributed by atoms with Gasteiger partial charge in [-0.3, -0.25) is 5.84 Å². The smallest absolute Gasteiger partial charge is 0.119 e. The van der Waals surface area contributed by atoms with Crippen LogP contribution in [0.3, 0.4) is 0 Å². The fourth-order valence-corrected chi connectivity index (χ4v) is 3.05. The van der Waals surface area contributed by atoms with E-state index in [0.29, 0.717) is 5.92 Å². The van der Waals surface area contributed by atoms with Gasteiger partial charge in [0.1, 0.15) is 5.75 Å². The van der Waals surface area contributed by atoms with Crippen molar-refractivity contribution in [2.45, 2.75) is 31.2 Å². The molecule has 0 radical (unpaired) electrons. The fraction of sp³-hybridized carbons (Fsp3) is 0.333. The van der Waals surface area contributed by atoms with Gasteiger partial charge in [0.25, 0.3) is 0 Å². The van der Waals surface area contributed by atoms with Crippen LogP contribution in [0, 0.1) is 0 Å². The molecule has 2 aromatic carbocycles. The number of nitrogens with two attached hydrogens (primary N) is 1. The Kier molecular flexibility index (Phi) is 4.23. The molecule has 1 atom stereocenters. The number of hydrogen-bond donors (Lipinski definition) is 2. The van der Waals surface area contributed by atoms with Gasteiger partial charge in [-0.1, -0.05) is 42.8 Å². The van der Waals surface area contributed by atoms with Gasteiger partial charge in [0.2, 0.25) is 0 Å². The maximum atomic E-state index is 5.87. The summed E-state index contributed by atoms with van der Waals surface area (Å²) < 4.78 is 5.33. The number of rotatable bonds is 5. The molecule has 1 aliphatic carbocycles. The Morgan fingerprint density at radius 1 is 1.14 bits per heavy atom. The topological polar surface area (TPSA) is 47.3 Å². The maximum absolute atomic E-state index is 5.87. The Morgan fingerprint density at radius 3 is 2.62 bits per heavy atom. The van der Waals surface area contributed by atoms with E-state index >= 15 is 0 Å². The summed E-state index contributed by atoms with van der Waals surface area (Å²) in [7, 11) is 1.69. The SMILES string of the molecule is COc1cccc(C(NN)c2ccccc2C2CCC2)c1. The zero-order valence-corrected chi connectivity index (χ0v) is 12.4. The van der Waals surface area contributed by atoms with Gasteiger partial charge in [0, 0.05) is 0 Å². The van der Waals surface area contributed by atoms with Crippen LogP contribution in [-0.2, 0) is 0 Å². The van der Waals surface area contributed by atoms with Crippen molar-refractivity contribution < 1.29 is 4.74 Å². The molecule has 21 heavy (non-hydrogen) atoms. The second-order valence-electron chi connectivity index (χ2n) is 5.63. The van der Waals surface area contributed by atoms with Gasteiger partial charge < -0.3 is 4.74 Å². The van der Waals surface area contributed by atoms with Gasteiger partial charge in [-0.05, 0) is 47.6 Å². The fourth-order valence-electron chi connectivity index (χ4n) is 3.05. The molecule has 110 valence electrons. The van der Waals surface area contributed by atoms with Gasteiger partial charge in [-0.2, -0.15) is 0 Å². The van der Waals surface area contributed by atoms with Crippen LogP contribution in [0.4, 0.5) is 0 Å². The van der Waals surface area contributed by atoms with Gasteiger partial charge in [0.05, 0.1) is 13.2 Å². The second-order valence-corrected chi connectivity index (χ2v) is 5.63. The van der Waals surface area contributed by atoms with E-state index in [1.54, 1.807) is 7.11 Å². The molecule has 1 saturated carbocycles. The first-order chi connectivity index (χ1) is 10.3. The van der Waals surface area contributed by atoms with E-state index in [1.165, 1.54) is 30.4 Å². The van der Waals surface area contributed by atoms with Crippen LogP contribution in [0.25, 0.3) is 0 Å². The molecule has 3 heteroatoms. The lowest BCUT2D eigenvalue weighted by Gasteiger charge is -2.30. The molecule has 0 amide bonds. The quantitative estimate of drug-likeness (QED) is 0.651. The molecule has 1 unspecified atom stereocenters. The lowest BCUT2D eigenvalue weighted by atomic mass is 9.76.